The summed E-state index contributed by atoms with van der Waals surface area (Å²) < 4.78 is 22.1. The van der Waals surface area contributed by atoms with Crippen molar-refractivity contribution < 1.29 is 8.42 Å². The Morgan fingerprint density at radius 1 is 1.46 bits per heavy atom. The Labute approximate surface area is 74.8 Å². The number of hydrogen-bond acceptors (Lipinski definition) is 4. The molecule has 68 valence electrons. The number of nitrogens with one attached hydrogen (secondary N) is 1. The van der Waals surface area contributed by atoms with E-state index < -0.39 is 9.84 Å². The van der Waals surface area contributed by atoms with Gasteiger partial charge in [0.15, 0.2) is 0 Å². The van der Waals surface area contributed by atoms with E-state index in [1.54, 1.807) is 12.3 Å². The van der Waals surface area contributed by atoms with E-state index in [0.29, 0.717) is 5.52 Å². The zero-order valence-electron chi connectivity index (χ0n) is 6.85. The third-order valence-electron chi connectivity index (χ3n) is 1.61. The van der Waals surface area contributed by atoms with Crippen LogP contribution in [0.15, 0.2) is 23.6 Å². The zero-order valence-corrected chi connectivity index (χ0v) is 7.67. The summed E-state index contributed by atoms with van der Waals surface area (Å²) in [7, 11) is -3.31. The van der Waals surface area contributed by atoms with Gasteiger partial charge in [0, 0.05) is 12.5 Å². The Morgan fingerprint density at radius 3 is 2.92 bits per heavy atom. The average Bonchev–Trinajstić information content (AvgIpc) is 2.47. The van der Waals surface area contributed by atoms with Gasteiger partial charge in [-0.2, -0.15) is 0 Å². The fourth-order valence-corrected chi connectivity index (χ4v) is 1.51. The third-order valence-corrected chi connectivity index (χ3v) is 2.47. The lowest BCUT2D eigenvalue weighted by Crippen LogP contribution is -2.03. The number of H-pyrrole nitrogens is 1. The van der Waals surface area contributed by atoms with Gasteiger partial charge in [-0.1, -0.05) is 0 Å². The standard InChI is InChI=1S/C7H7N3O2S/c1-13(11,12)7-9-4-6-5(10-7)2-3-8-6/h2-4,8H,1H3. The van der Waals surface area contributed by atoms with Crippen molar-refractivity contribution in [3.63, 3.8) is 0 Å². The fourth-order valence-electron chi connectivity index (χ4n) is 1.01. The van der Waals surface area contributed by atoms with Gasteiger partial charge in [0.1, 0.15) is 0 Å². The van der Waals surface area contributed by atoms with Crippen LogP contribution in [0.2, 0.25) is 0 Å². The number of aromatic nitrogens is 3. The largest absolute Gasteiger partial charge is 0.359 e. The van der Waals surface area contributed by atoms with Crippen molar-refractivity contribution in [1.29, 1.82) is 0 Å². The van der Waals surface area contributed by atoms with Crippen molar-refractivity contribution in [3.8, 4) is 0 Å². The average molecular weight is 197 g/mol. The van der Waals surface area contributed by atoms with Crippen LogP contribution in [0, 0.1) is 0 Å². The van der Waals surface area contributed by atoms with Crippen molar-refractivity contribution in [1.82, 2.24) is 15.0 Å². The number of hydrogen-bond donors (Lipinski definition) is 1. The van der Waals surface area contributed by atoms with E-state index in [2.05, 4.69) is 15.0 Å². The summed E-state index contributed by atoms with van der Waals surface area (Å²) in [6.07, 6.45) is 4.23. The Balaban J connectivity index is 2.75. The molecule has 13 heavy (non-hydrogen) atoms. The van der Waals surface area contributed by atoms with Crippen molar-refractivity contribution in [2.45, 2.75) is 5.16 Å². The van der Waals surface area contributed by atoms with Crippen LogP contribution in [-0.2, 0) is 9.84 Å². The first-order valence-electron chi connectivity index (χ1n) is 3.57. The minimum absolute atomic E-state index is 0.139. The van der Waals surface area contributed by atoms with E-state index in [4.69, 9.17) is 0 Å². The fraction of sp³-hybridized carbons (Fsp3) is 0.143. The highest BCUT2D eigenvalue weighted by Gasteiger charge is 2.11. The lowest BCUT2D eigenvalue weighted by atomic mass is 10.5. The van der Waals surface area contributed by atoms with Gasteiger partial charge in [0.25, 0.3) is 0 Å². The summed E-state index contributed by atoms with van der Waals surface area (Å²) in [6, 6.07) is 1.70. The van der Waals surface area contributed by atoms with Gasteiger partial charge in [0.05, 0.1) is 17.2 Å². The van der Waals surface area contributed by atoms with E-state index in [-0.39, 0.29) is 5.16 Å². The Bertz CT molecular complexity index is 544. The molecule has 2 aromatic rings. The molecule has 0 aliphatic rings. The maximum absolute atomic E-state index is 11.1. The van der Waals surface area contributed by atoms with Crippen molar-refractivity contribution >= 4 is 20.9 Å². The minimum atomic E-state index is -3.31. The van der Waals surface area contributed by atoms with Gasteiger partial charge in [-0.25, -0.2) is 18.4 Å². The highest BCUT2D eigenvalue weighted by molar-refractivity contribution is 7.90. The molecule has 2 heterocycles. The first-order chi connectivity index (χ1) is 6.07. The third kappa shape index (κ3) is 1.40. The number of aromatic amines is 1. The second-order valence-corrected chi connectivity index (χ2v) is 4.61. The molecular formula is C7H7N3O2S. The van der Waals surface area contributed by atoms with Crippen LogP contribution in [0.3, 0.4) is 0 Å². The van der Waals surface area contributed by atoms with Crippen LogP contribution in [-0.4, -0.2) is 29.6 Å². The van der Waals surface area contributed by atoms with Crippen LogP contribution in [0.5, 0.6) is 0 Å². The molecule has 6 heteroatoms. The Morgan fingerprint density at radius 2 is 2.23 bits per heavy atom. The van der Waals surface area contributed by atoms with Gasteiger partial charge in [-0.15, -0.1) is 0 Å². The minimum Gasteiger partial charge on any atom is -0.359 e. The van der Waals surface area contributed by atoms with Crippen molar-refractivity contribution in [3.05, 3.63) is 18.5 Å². The number of nitrogens with zero attached hydrogens (tertiary/aromatic N) is 2. The molecule has 1 N–H and O–H groups in total. The van der Waals surface area contributed by atoms with Gasteiger partial charge in [-0.3, -0.25) is 0 Å². The quantitative estimate of drug-likeness (QED) is 0.670. The van der Waals surface area contributed by atoms with E-state index in [0.717, 1.165) is 11.8 Å². The van der Waals surface area contributed by atoms with Crippen LogP contribution < -0.4 is 0 Å². The highest BCUT2D eigenvalue weighted by atomic mass is 32.2. The summed E-state index contributed by atoms with van der Waals surface area (Å²) in [5.74, 6) is 0. The molecule has 0 fully saturated rings. The predicted octanol–water partition coefficient (Wildman–Crippen LogP) is 0.361. The zero-order chi connectivity index (χ0) is 9.47. The van der Waals surface area contributed by atoms with E-state index >= 15 is 0 Å². The predicted molar refractivity (Wildman–Crippen MR) is 47.0 cm³/mol. The second kappa shape index (κ2) is 2.53. The summed E-state index contributed by atoms with van der Waals surface area (Å²) in [5, 5.41) is -0.139. The van der Waals surface area contributed by atoms with Crippen LogP contribution in [0.1, 0.15) is 0 Å². The van der Waals surface area contributed by atoms with Crippen LogP contribution >= 0.6 is 0 Å². The maximum Gasteiger partial charge on any atom is 0.247 e. The number of rotatable bonds is 1. The molecule has 0 saturated heterocycles. The molecule has 0 saturated carbocycles. The second-order valence-electron chi connectivity index (χ2n) is 2.70. The van der Waals surface area contributed by atoms with Gasteiger partial charge >= 0.3 is 0 Å². The smallest absolute Gasteiger partial charge is 0.247 e. The number of fused-ring (bicyclic) bond motifs is 1. The van der Waals surface area contributed by atoms with E-state index in [9.17, 15) is 8.42 Å². The van der Waals surface area contributed by atoms with Gasteiger partial charge in [0.2, 0.25) is 15.0 Å². The molecule has 0 amide bonds. The molecule has 0 aliphatic heterocycles. The number of sulfone groups is 1. The van der Waals surface area contributed by atoms with Gasteiger partial charge in [-0.05, 0) is 6.07 Å². The highest BCUT2D eigenvalue weighted by Crippen LogP contribution is 2.09. The monoisotopic (exact) mass is 197 g/mol. The molecule has 0 aromatic carbocycles. The first-order valence-corrected chi connectivity index (χ1v) is 5.47. The molecular weight excluding hydrogens is 190 g/mol. The molecule has 2 rings (SSSR count). The normalized spacial score (nSPS) is 12.1. The molecule has 0 radical (unpaired) electrons. The Hall–Kier alpha value is -1.43. The van der Waals surface area contributed by atoms with Crippen molar-refractivity contribution in [2.75, 3.05) is 6.26 Å². The molecule has 2 aromatic heterocycles. The van der Waals surface area contributed by atoms with Gasteiger partial charge < -0.3 is 4.98 Å². The molecule has 0 aliphatic carbocycles. The topological polar surface area (TPSA) is 75.7 Å². The first kappa shape index (κ1) is 8.18. The van der Waals surface area contributed by atoms with Crippen LogP contribution in [0.4, 0.5) is 0 Å². The SMILES string of the molecule is CS(=O)(=O)c1ncc2[nH]ccc2n1. The molecule has 0 spiro atoms. The summed E-state index contributed by atoms with van der Waals surface area (Å²) in [4.78, 5) is 10.5. The molecule has 5 nitrogen and oxygen atoms in total. The summed E-state index contributed by atoms with van der Waals surface area (Å²) in [6.45, 7) is 0. The molecule has 0 atom stereocenters. The van der Waals surface area contributed by atoms with E-state index in [1.807, 2.05) is 0 Å². The van der Waals surface area contributed by atoms with Crippen LogP contribution in [0.25, 0.3) is 11.0 Å². The molecule has 0 unspecified atom stereocenters. The lowest BCUT2D eigenvalue weighted by Gasteiger charge is -1.94. The Kier molecular flexibility index (Phi) is 1.59. The summed E-state index contributed by atoms with van der Waals surface area (Å²) >= 11 is 0. The van der Waals surface area contributed by atoms with E-state index in [1.165, 1.54) is 6.20 Å². The lowest BCUT2D eigenvalue weighted by molar-refractivity contribution is 0.594. The maximum atomic E-state index is 11.1. The molecule has 0 bridgehead atoms. The summed E-state index contributed by atoms with van der Waals surface area (Å²) in [5.41, 5.74) is 1.34. The van der Waals surface area contributed by atoms with Crippen molar-refractivity contribution in [2.24, 2.45) is 0 Å².